The Morgan fingerprint density at radius 1 is 0.972 bits per heavy atom. The van der Waals surface area contributed by atoms with Gasteiger partial charge in [0.15, 0.2) is 11.4 Å². The fraction of sp³-hybridized carbons (Fsp3) is 0.462. The van der Waals surface area contributed by atoms with E-state index in [9.17, 15) is 14.4 Å². The number of allylic oxidation sites excluding steroid dienone is 1. The molecule has 1 spiro atoms. The zero-order valence-electron chi connectivity index (χ0n) is 19.5. The van der Waals surface area contributed by atoms with E-state index in [0.717, 1.165) is 44.9 Å². The zero-order valence-corrected chi connectivity index (χ0v) is 21.9. The lowest BCUT2D eigenvalue weighted by Crippen LogP contribution is -2.76. The van der Waals surface area contributed by atoms with Crippen molar-refractivity contribution < 1.29 is 33.4 Å². The summed E-state index contributed by atoms with van der Waals surface area (Å²) in [6.45, 7) is 0. The van der Waals surface area contributed by atoms with Crippen LogP contribution in [0.5, 0.6) is 11.5 Å². The molecule has 1 saturated carbocycles. The summed E-state index contributed by atoms with van der Waals surface area (Å²) in [6, 6.07) is 11.8. The third-order valence-electron chi connectivity index (χ3n) is 8.13. The second-order valence-electron chi connectivity index (χ2n) is 10.1. The van der Waals surface area contributed by atoms with E-state index in [2.05, 4.69) is 0 Å². The number of halogens is 2. The fourth-order valence-corrected chi connectivity index (χ4v) is 7.50. The van der Waals surface area contributed by atoms with Crippen LogP contribution in [-0.4, -0.2) is 15.4 Å². The first-order valence-corrected chi connectivity index (χ1v) is 14.6. The highest BCUT2D eigenvalue weighted by molar-refractivity contribution is 7.46. The van der Waals surface area contributed by atoms with Crippen molar-refractivity contribution in [2.45, 2.75) is 62.8 Å². The molecule has 0 aromatic heterocycles. The van der Waals surface area contributed by atoms with Crippen molar-refractivity contribution in [3.8, 4) is 11.5 Å². The normalized spacial score (nSPS) is 31.6. The molecule has 1 aliphatic heterocycles. The molecule has 2 bridgehead atoms. The highest BCUT2D eigenvalue weighted by Crippen LogP contribution is 2.67. The summed E-state index contributed by atoms with van der Waals surface area (Å²) in [5.41, 5.74) is 2.74. The number of hydrogen-bond acceptors (Lipinski definition) is 5. The lowest BCUT2D eigenvalue weighted by atomic mass is 9.53. The summed E-state index contributed by atoms with van der Waals surface area (Å²) in [4.78, 5) is 31.1. The fourth-order valence-electron chi connectivity index (χ4n) is 6.75. The molecule has 4 atom stereocenters. The zero-order chi connectivity index (χ0) is 25.1. The lowest BCUT2D eigenvalue weighted by molar-refractivity contribution is -0.628. The average molecular weight is 553 g/mol. The first kappa shape index (κ1) is 24.7. The Morgan fingerprint density at radius 2 is 1.75 bits per heavy atom. The number of rotatable bonds is 5. The highest BCUT2D eigenvalue weighted by Gasteiger charge is 2.76. The Labute approximate surface area is 219 Å². The van der Waals surface area contributed by atoms with Gasteiger partial charge in [0.2, 0.25) is 0 Å². The van der Waals surface area contributed by atoms with Gasteiger partial charge in [-0.25, -0.2) is 9.45 Å². The molecule has 10 heteroatoms. The van der Waals surface area contributed by atoms with Crippen LogP contribution in [0.2, 0.25) is 10.0 Å². The van der Waals surface area contributed by atoms with Crippen molar-refractivity contribution in [1.82, 2.24) is 0 Å². The summed E-state index contributed by atoms with van der Waals surface area (Å²) < 4.78 is 23.2. The van der Waals surface area contributed by atoms with Crippen LogP contribution >= 0.6 is 31.0 Å². The predicted molar refractivity (Wildman–Crippen MR) is 134 cm³/mol. The molecule has 2 fully saturated rings. The molecule has 0 amide bonds. The first-order valence-electron chi connectivity index (χ1n) is 12.3. The van der Waals surface area contributed by atoms with Gasteiger partial charge >= 0.3 is 7.82 Å². The summed E-state index contributed by atoms with van der Waals surface area (Å²) in [5.74, 6) is -0.703. The summed E-state index contributed by atoms with van der Waals surface area (Å²) in [6.07, 6.45) is 8.51. The van der Waals surface area contributed by atoms with E-state index in [-0.39, 0.29) is 22.6 Å². The molecule has 6 rings (SSSR count). The third-order valence-corrected chi connectivity index (χ3v) is 9.13. The van der Waals surface area contributed by atoms with Gasteiger partial charge in [-0.1, -0.05) is 46.8 Å². The topological polar surface area (TPSA) is 94.5 Å². The second-order valence-corrected chi connectivity index (χ2v) is 12.1. The minimum absolute atomic E-state index is 0.0686. The Balaban J connectivity index is 1.51. The van der Waals surface area contributed by atoms with Crippen LogP contribution in [0.25, 0.3) is 0 Å². The number of phosphoric ester groups is 1. The van der Waals surface area contributed by atoms with Gasteiger partial charge in [-0.15, -0.1) is 0 Å². The Bertz CT molecular complexity index is 1260. The van der Waals surface area contributed by atoms with Crippen molar-refractivity contribution in [1.29, 1.82) is 0 Å². The monoisotopic (exact) mass is 552 g/mol. The number of fused-ring (bicyclic) bond motifs is 1. The summed E-state index contributed by atoms with van der Waals surface area (Å²) in [5, 5.41) is 0.645. The van der Waals surface area contributed by atoms with Crippen molar-refractivity contribution in [2.24, 2.45) is 11.8 Å². The van der Waals surface area contributed by atoms with Crippen LogP contribution in [0.1, 0.15) is 56.9 Å². The molecule has 192 valence electrons. The predicted octanol–water partition coefficient (Wildman–Crippen LogP) is 7.09. The Morgan fingerprint density at radius 3 is 2.47 bits per heavy atom. The minimum atomic E-state index is -4.85. The maximum atomic E-state index is 11.6. The van der Waals surface area contributed by atoms with Gasteiger partial charge in [-0.3, -0.25) is 9.79 Å². The van der Waals surface area contributed by atoms with Crippen LogP contribution < -0.4 is 9.26 Å². The number of ether oxygens (including phenoxy) is 1. The van der Waals surface area contributed by atoms with Gasteiger partial charge in [-0.05, 0) is 81.3 Å². The molecular weight excluding hydrogens is 526 g/mol. The van der Waals surface area contributed by atoms with E-state index in [0.29, 0.717) is 16.3 Å². The van der Waals surface area contributed by atoms with Crippen LogP contribution in [-0.2, 0) is 20.1 Å². The largest absolute Gasteiger partial charge is 0.524 e. The lowest BCUT2D eigenvalue weighted by Gasteiger charge is -2.65. The molecule has 1 heterocycles. The smallest absolute Gasteiger partial charge is 0.452 e. The Hall–Kier alpha value is -1.57. The molecule has 2 N–H and O–H groups in total. The summed E-state index contributed by atoms with van der Waals surface area (Å²) in [7, 11) is -4.85. The third kappa shape index (κ3) is 3.92. The number of benzene rings is 2. The van der Waals surface area contributed by atoms with E-state index >= 15 is 0 Å². The van der Waals surface area contributed by atoms with Crippen LogP contribution in [0.3, 0.4) is 0 Å². The van der Waals surface area contributed by atoms with Crippen molar-refractivity contribution in [3.05, 3.63) is 69.2 Å². The maximum absolute atomic E-state index is 11.6. The van der Waals surface area contributed by atoms with Crippen molar-refractivity contribution in [3.63, 3.8) is 0 Å². The maximum Gasteiger partial charge on any atom is 0.524 e. The molecule has 0 radical (unpaired) electrons. The molecule has 36 heavy (non-hydrogen) atoms. The number of hydrogen-bond donors (Lipinski definition) is 2. The molecule has 4 aliphatic rings. The van der Waals surface area contributed by atoms with Gasteiger partial charge < -0.3 is 9.26 Å². The van der Waals surface area contributed by atoms with Crippen LogP contribution in [0.4, 0.5) is 0 Å². The van der Waals surface area contributed by atoms with Gasteiger partial charge in [0, 0.05) is 22.4 Å². The summed E-state index contributed by atoms with van der Waals surface area (Å²) >= 11 is 12.4. The molecule has 2 aromatic carbocycles. The van der Waals surface area contributed by atoms with Gasteiger partial charge in [0.1, 0.15) is 5.75 Å². The highest BCUT2D eigenvalue weighted by atomic mass is 35.5. The SMILES string of the molecule is O=P(O)(O)Oc1cc(C2(Oc3ccc(Cl)cc3)OOC23C2CCCC3C3=C(CCCC3)C2)ccc1Cl. The number of phosphoric acid groups is 1. The van der Waals surface area contributed by atoms with E-state index < -0.39 is 19.2 Å². The second kappa shape index (κ2) is 9.02. The van der Waals surface area contributed by atoms with Gasteiger partial charge in [0.05, 0.1) is 5.02 Å². The standard InChI is InChI=1S/C26H27Cl2O7P/c27-19-9-11-20(12-10-19)32-26(18-8-13-23(28)24(15-18)33-36(29,30)31)25(34-35-26)17-5-3-7-22(25)21-6-2-1-4-16(21)14-17/h8-13,15,17,22H,1-7,14H2,(H2,29,30,31). The first-order chi connectivity index (χ1) is 17.2. The van der Waals surface area contributed by atoms with E-state index in [4.69, 9.17) is 42.2 Å². The van der Waals surface area contributed by atoms with E-state index in [1.165, 1.54) is 24.1 Å². The van der Waals surface area contributed by atoms with Gasteiger partial charge in [-0.2, -0.15) is 4.89 Å². The Kier molecular flexibility index (Phi) is 6.20. The molecular formula is C26H27Cl2O7P. The molecule has 2 aromatic rings. The van der Waals surface area contributed by atoms with Gasteiger partial charge in [0.25, 0.3) is 5.79 Å². The van der Waals surface area contributed by atoms with E-state index in [1.54, 1.807) is 35.9 Å². The quantitative estimate of drug-likeness (QED) is 0.232. The van der Waals surface area contributed by atoms with E-state index in [1.807, 2.05) is 0 Å². The molecule has 1 saturated heterocycles. The molecule has 7 nitrogen and oxygen atoms in total. The minimum Gasteiger partial charge on any atom is -0.452 e. The van der Waals surface area contributed by atoms with Crippen LogP contribution in [0.15, 0.2) is 53.6 Å². The van der Waals surface area contributed by atoms with Crippen LogP contribution in [0, 0.1) is 11.8 Å². The van der Waals surface area contributed by atoms with Crippen molar-refractivity contribution >= 4 is 31.0 Å². The van der Waals surface area contributed by atoms with Crippen molar-refractivity contribution in [2.75, 3.05) is 0 Å². The molecule has 4 unspecified atom stereocenters. The average Bonchev–Trinajstić information content (AvgIpc) is 2.83. The molecule has 3 aliphatic carbocycles.